The van der Waals surface area contributed by atoms with Crippen molar-refractivity contribution in [2.24, 2.45) is 0 Å². The predicted molar refractivity (Wildman–Crippen MR) is 125 cm³/mol. The van der Waals surface area contributed by atoms with Crippen LogP contribution in [0.15, 0.2) is 41.3 Å². The van der Waals surface area contributed by atoms with Crippen LogP contribution in [0.25, 0.3) is 5.69 Å². The number of amides is 1. The van der Waals surface area contributed by atoms with Gasteiger partial charge in [-0.1, -0.05) is 25.1 Å². The van der Waals surface area contributed by atoms with Gasteiger partial charge in [0.1, 0.15) is 5.69 Å². The number of carbonyl (C=O) groups is 1. The van der Waals surface area contributed by atoms with Crippen LogP contribution >= 0.6 is 0 Å². The number of piperazine rings is 1. The first-order chi connectivity index (χ1) is 15.7. The van der Waals surface area contributed by atoms with Crippen LogP contribution in [0.5, 0.6) is 0 Å². The summed E-state index contributed by atoms with van der Waals surface area (Å²) in [6.07, 6.45) is 2.28. The van der Waals surface area contributed by atoms with Crippen molar-refractivity contribution in [2.45, 2.75) is 13.3 Å². The number of nitrogens with one attached hydrogen (secondary N) is 1. The molecule has 3 heterocycles. The molecular weight excluding hydrogens is 408 g/mol. The molecule has 4 rings (SSSR count). The monoisotopic (exact) mass is 440 g/mol. The molecule has 1 N–H and O–H groups in total. The third-order valence-corrected chi connectivity index (χ3v) is 6.07. The van der Waals surface area contributed by atoms with Crippen molar-refractivity contribution in [3.63, 3.8) is 0 Å². The second kappa shape index (κ2) is 10.6. The Labute approximate surface area is 188 Å². The first-order valence-corrected chi connectivity index (χ1v) is 11.4. The number of aromatic nitrogens is 2. The summed E-state index contributed by atoms with van der Waals surface area (Å²) in [5.41, 5.74) is 1.93. The zero-order chi connectivity index (χ0) is 22.3. The average Bonchev–Trinajstić information content (AvgIpc) is 2.86. The van der Waals surface area contributed by atoms with Gasteiger partial charge in [0.15, 0.2) is 0 Å². The number of hydrogen-bond acceptors (Lipinski definition) is 7. The Bertz CT molecular complexity index is 950. The molecule has 9 nitrogen and oxygen atoms in total. The lowest BCUT2D eigenvalue weighted by molar-refractivity contribution is -0.131. The first kappa shape index (κ1) is 22.3. The molecule has 2 aliphatic heterocycles. The molecule has 2 saturated heterocycles. The zero-order valence-electron chi connectivity index (χ0n) is 18.7. The Balaban J connectivity index is 1.55. The molecule has 0 radical (unpaired) electrons. The second-order valence-electron chi connectivity index (χ2n) is 8.06. The molecular formula is C23H32N6O3. The van der Waals surface area contributed by atoms with Crippen molar-refractivity contribution in [1.82, 2.24) is 19.6 Å². The maximum atomic E-state index is 13.4. The Kier molecular flexibility index (Phi) is 7.39. The van der Waals surface area contributed by atoms with Gasteiger partial charge in [0, 0.05) is 58.8 Å². The van der Waals surface area contributed by atoms with E-state index in [2.05, 4.69) is 20.2 Å². The number of anilines is 2. The van der Waals surface area contributed by atoms with Crippen LogP contribution in [0.3, 0.4) is 0 Å². The summed E-state index contributed by atoms with van der Waals surface area (Å²) in [6, 6.07) is 9.46. The van der Waals surface area contributed by atoms with E-state index in [4.69, 9.17) is 4.74 Å². The largest absolute Gasteiger partial charge is 0.379 e. The minimum Gasteiger partial charge on any atom is -0.379 e. The highest BCUT2D eigenvalue weighted by Gasteiger charge is 2.24. The zero-order valence-corrected chi connectivity index (χ0v) is 18.7. The lowest BCUT2D eigenvalue weighted by Crippen LogP contribution is -2.49. The van der Waals surface area contributed by atoms with Crippen molar-refractivity contribution in [3.8, 4) is 5.69 Å². The van der Waals surface area contributed by atoms with Crippen molar-refractivity contribution >= 4 is 17.3 Å². The van der Waals surface area contributed by atoms with E-state index < -0.39 is 0 Å². The molecule has 2 aliphatic rings. The Morgan fingerprint density at radius 1 is 1.06 bits per heavy atom. The van der Waals surface area contributed by atoms with Crippen LogP contribution in [0.1, 0.15) is 13.3 Å². The number of benzene rings is 1. The van der Waals surface area contributed by atoms with Crippen LogP contribution in [-0.4, -0.2) is 91.1 Å². The predicted octanol–water partition coefficient (Wildman–Crippen LogP) is 1.04. The molecule has 2 fully saturated rings. The van der Waals surface area contributed by atoms with E-state index in [1.165, 1.54) is 4.68 Å². The van der Waals surface area contributed by atoms with E-state index in [-0.39, 0.29) is 11.5 Å². The minimum atomic E-state index is -0.164. The normalized spacial score (nSPS) is 17.4. The summed E-state index contributed by atoms with van der Waals surface area (Å²) in [5.74, 6) is 0.172. The van der Waals surface area contributed by atoms with Gasteiger partial charge in [-0.2, -0.15) is 9.78 Å². The van der Waals surface area contributed by atoms with E-state index in [1.54, 1.807) is 6.20 Å². The fourth-order valence-corrected chi connectivity index (χ4v) is 4.19. The van der Waals surface area contributed by atoms with E-state index in [9.17, 15) is 9.59 Å². The SMILES string of the molecule is CCC(=O)N1CCN(c2cnn(-c3ccccc3)c(=O)c2NCCN2CCOCC2)CC1. The van der Waals surface area contributed by atoms with Gasteiger partial charge in [-0.25, -0.2) is 0 Å². The fourth-order valence-electron chi connectivity index (χ4n) is 4.19. The van der Waals surface area contributed by atoms with Gasteiger partial charge < -0.3 is 19.9 Å². The Morgan fingerprint density at radius 3 is 2.47 bits per heavy atom. The van der Waals surface area contributed by atoms with Crippen LogP contribution in [0.2, 0.25) is 0 Å². The highest BCUT2D eigenvalue weighted by Crippen LogP contribution is 2.23. The molecule has 0 bridgehead atoms. The van der Waals surface area contributed by atoms with E-state index >= 15 is 0 Å². The van der Waals surface area contributed by atoms with Gasteiger partial charge in [0.25, 0.3) is 5.56 Å². The number of nitrogens with zero attached hydrogens (tertiary/aromatic N) is 5. The molecule has 0 saturated carbocycles. The number of rotatable bonds is 7. The Hall–Kier alpha value is -2.91. The van der Waals surface area contributed by atoms with Crippen LogP contribution in [-0.2, 0) is 9.53 Å². The van der Waals surface area contributed by atoms with Gasteiger partial charge in [-0.05, 0) is 12.1 Å². The first-order valence-electron chi connectivity index (χ1n) is 11.4. The number of ether oxygens (including phenoxy) is 1. The van der Waals surface area contributed by atoms with Crippen molar-refractivity contribution in [2.75, 3.05) is 75.8 Å². The maximum absolute atomic E-state index is 13.4. The molecule has 1 aromatic carbocycles. The van der Waals surface area contributed by atoms with Crippen LogP contribution in [0, 0.1) is 0 Å². The van der Waals surface area contributed by atoms with Crippen molar-refractivity contribution < 1.29 is 9.53 Å². The fraction of sp³-hybridized carbons (Fsp3) is 0.522. The van der Waals surface area contributed by atoms with Gasteiger partial charge in [0.05, 0.1) is 30.8 Å². The van der Waals surface area contributed by atoms with Gasteiger partial charge in [-0.3, -0.25) is 14.5 Å². The number of morpholine rings is 1. The summed E-state index contributed by atoms with van der Waals surface area (Å²) < 4.78 is 6.86. The molecule has 32 heavy (non-hydrogen) atoms. The third kappa shape index (κ3) is 5.11. The molecule has 1 aromatic heterocycles. The maximum Gasteiger partial charge on any atom is 0.296 e. The molecule has 2 aromatic rings. The van der Waals surface area contributed by atoms with Crippen LogP contribution < -0.4 is 15.8 Å². The summed E-state index contributed by atoms with van der Waals surface area (Å²) >= 11 is 0. The molecule has 1 amide bonds. The topological polar surface area (TPSA) is 82.9 Å². The summed E-state index contributed by atoms with van der Waals surface area (Å²) in [7, 11) is 0. The molecule has 0 atom stereocenters. The highest BCUT2D eigenvalue weighted by molar-refractivity contribution is 5.76. The van der Waals surface area contributed by atoms with Crippen molar-refractivity contribution in [3.05, 3.63) is 46.9 Å². The lowest BCUT2D eigenvalue weighted by Gasteiger charge is -2.36. The van der Waals surface area contributed by atoms with Crippen LogP contribution in [0.4, 0.5) is 11.4 Å². The van der Waals surface area contributed by atoms with Gasteiger partial charge in [0.2, 0.25) is 5.91 Å². The lowest BCUT2D eigenvalue weighted by atomic mass is 10.2. The summed E-state index contributed by atoms with van der Waals surface area (Å²) in [5, 5.41) is 7.87. The van der Waals surface area contributed by atoms with Gasteiger partial charge in [-0.15, -0.1) is 0 Å². The third-order valence-electron chi connectivity index (χ3n) is 6.07. The number of carbonyl (C=O) groups excluding carboxylic acids is 1. The average molecular weight is 441 g/mol. The molecule has 0 spiro atoms. The number of hydrogen-bond donors (Lipinski definition) is 1. The van der Waals surface area contributed by atoms with Gasteiger partial charge >= 0.3 is 0 Å². The molecule has 0 unspecified atom stereocenters. The summed E-state index contributed by atoms with van der Waals surface area (Å²) in [4.78, 5) is 31.9. The standard InChI is InChI=1S/C23H32N6O3/c1-2-21(30)28-12-10-27(11-13-28)20-18-25-29(19-6-4-3-5-7-19)23(31)22(20)24-8-9-26-14-16-32-17-15-26/h3-7,18,24H,2,8-17H2,1H3. The highest BCUT2D eigenvalue weighted by atomic mass is 16.5. The van der Waals surface area contributed by atoms with E-state index in [1.807, 2.05) is 42.2 Å². The second-order valence-corrected chi connectivity index (χ2v) is 8.06. The molecule has 0 aliphatic carbocycles. The van der Waals surface area contributed by atoms with E-state index in [0.717, 1.165) is 44.2 Å². The Morgan fingerprint density at radius 2 is 1.78 bits per heavy atom. The minimum absolute atomic E-state index is 0.164. The number of para-hydroxylation sites is 1. The molecule has 172 valence electrons. The quantitative estimate of drug-likeness (QED) is 0.689. The van der Waals surface area contributed by atoms with Crippen molar-refractivity contribution in [1.29, 1.82) is 0 Å². The smallest absolute Gasteiger partial charge is 0.296 e. The van der Waals surface area contributed by atoms with E-state index in [0.29, 0.717) is 44.8 Å². The summed E-state index contributed by atoms with van der Waals surface area (Å²) in [6.45, 7) is 9.38. The molecule has 9 heteroatoms.